The van der Waals surface area contributed by atoms with Gasteiger partial charge in [-0.1, -0.05) is 15.9 Å². The molecule has 0 N–H and O–H groups in total. The summed E-state index contributed by atoms with van der Waals surface area (Å²) in [5, 5.41) is 0. The Hall–Kier alpha value is 0.410. The molecule has 0 radical (unpaired) electrons. The first kappa shape index (κ1) is 6.53. The third-order valence-corrected chi connectivity index (χ3v) is 2.38. The van der Waals surface area contributed by atoms with Crippen LogP contribution in [-0.2, 0) is 0 Å². The molecule has 0 unspecified atom stereocenters. The van der Waals surface area contributed by atoms with Gasteiger partial charge in [0.15, 0.2) is 0 Å². The summed E-state index contributed by atoms with van der Waals surface area (Å²) in [6.45, 7) is 0. The molecule has 0 bridgehead atoms. The third-order valence-electron chi connectivity index (χ3n) is 1.55. The number of alkyl halides is 2. The lowest BCUT2D eigenvalue weighted by molar-refractivity contribution is 0.257. The minimum Gasteiger partial charge on any atom is -0.247 e. The second kappa shape index (κ2) is 2.81. The van der Waals surface area contributed by atoms with Crippen molar-refractivity contribution in [1.82, 2.24) is 0 Å². The van der Waals surface area contributed by atoms with Crippen molar-refractivity contribution in [2.45, 2.75) is 36.7 Å². The van der Waals surface area contributed by atoms with Gasteiger partial charge in [0.05, 0.1) is 0 Å². The molecule has 1 aliphatic rings. The summed E-state index contributed by atoms with van der Waals surface area (Å²) in [6.07, 6.45) is 3.17. The van der Waals surface area contributed by atoms with Crippen LogP contribution in [0.25, 0.3) is 0 Å². The molecule has 0 saturated heterocycles. The molecule has 0 nitrogen and oxygen atoms in total. The first-order chi connectivity index (χ1) is 3.79. The topological polar surface area (TPSA) is 0 Å². The fourth-order valence-electron chi connectivity index (χ4n) is 1.07. The molecule has 1 saturated carbocycles. The number of hydrogen-bond donors (Lipinski definition) is 0. The van der Waals surface area contributed by atoms with Crippen molar-refractivity contribution in [3.05, 3.63) is 0 Å². The summed E-state index contributed by atoms with van der Waals surface area (Å²) in [5.41, 5.74) is 0. The van der Waals surface area contributed by atoms with E-state index in [0.717, 1.165) is 25.7 Å². The maximum Gasteiger partial charge on any atom is 0.101 e. The molecular formula is C6H10BrF. The van der Waals surface area contributed by atoms with Crippen LogP contribution in [0.3, 0.4) is 0 Å². The highest BCUT2D eigenvalue weighted by molar-refractivity contribution is 9.09. The quantitative estimate of drug-likeness (QED) is 0.504. The van der Waals surface area contributed by atoms with Crippen molar-refractivity contribution in [2.75, 3.05) is 0 Å². The second-order valence-corrected chi connectivity index (χ2v) is 3.66. The van der Waals surface area contributed by atoms with Crippen LogP contribution in [0.15, 0.2) is 0 Å². The lowest BCUT2D eigenvalue weighted by atomic mass is 9.99. The maximum atomic E-state index is 12.4. The monoisotopic (exact) mass is 180 g/mol. The minimum absolute atomic E-state index is 0.450. The van der Waals surface area contributed by atoms with Gasteiger partial charge in [0.2, 0.25) is 0 Å². The molecule has 1 rings (SSSR count). The normalized spacial score (nSPS) is 39.8. The molecule has 0 aliphatic heterocycles. The van der Waals surface area contributed by atoms with Gasteiger partial charge < -0.3 is 0 Å². The average molecular weight is 181 g/mol. The highest BCUT2D eigenvalue weighted by atomic mass is 79.9. The van der Waals surface area contributed by atoms with Crippen LogP contribution in [0, 0.1) is 0 Å². The summed E-state index contributed by atoms with van der Waals surface area (Å²) in [6, 6.07) is 0. The van der Waals surface area contributed by atoms with Crippen molar-refractivity contribution in [1.29, 1.82) is 0 Å². The molecule has 0 amide bonds. The van der Waals surface area contributed by atoms with Crippen molar-refractivity contribution in [3.63, 3.8) is 0 Å². The van der Waals surface area contributed by atoms with Crippen molar-refractivity contribution >= 4 is 15.9 Å². The van der Waals surface area contributed by atoms with Gasteiger partial charge in [-0.3, -0.25) is 0 Å². The molecule has 0 heterocycles. The molecule has 0 aromatic carbocycles. The molecule has 48 valence electrons. The van der Waals surface area contributed by atoms with Gasteiger partial charge >= 0.3 is 0 Å². The highest BCUT2D eigenvalue weighted by Gasteiger charge is 2.18. The first-order valence-electron chi connectivity index (χ1n) is 3.07. The lowest BCUT2D eigenvalue weighted by Crippen LogP contribution is -2.15. The predicted molar refractivity (Wildman–Crippen MR) is 36.1 cm³/mol. The number of hydrogen-bond acceptors (Lipinski definition) is 0. The molecule has 0 aromatic heterocycles. The molecule has 2 atom stereocenters. The van der Waals surface area contributed by atoms with E-state index in [2.05, 4.69) is 15.9 Å². The SMILES string of the molecule is F[C@H]1CCC[C@@H](Br)C1. The Kier molecular flexibility index (Phi) is 2.29. The van der Waals surface area contributed by atoms with Crippen LogP contribution < -0.4 is 0 Å². The Bertz CT molecular complexity index is 66.9. The van der Waals surface area contributed by atoms with Crippen LogP contribution in [0.1, 0.15) is 25.7 Å². The van der Waals surface area contributed by atoms with Gasteiger partial charge in [0.1, 0.15) is 6.17 Å². The van der Waals surface area contributed by atoms with E-state index in [1.807, 2.05) is 0 Å². The van der Waals surface area contributed by atoms with E-state index in [4.69, 9.17) is 0 Å². The average Bonchev–Trinajstić information content (AvgIpc) is 1.64. The van der Waals surface area contributed by atoms with Gasteiger partial charge in [-0.2, -0.15) is 0 Å². The highest BCUT2D eigenvalue weighted by Crippen LogP contribution is 2.25. The predicted octanol–water partition coefficient (Wildman–Crippen LogP) is 2.66. The van der Waals surface area contributed by atoms with E-state index < -0.39 is 6.17 Å². The summed E-state index contributed by atoms with van der Waals surface area (Å²) >= 11 is 3.39. The van der Waals surface area contributed by atoms with Gasteiger partial charge in [0, 0.05) is 4.83 Å². The Balaban J connectivity index is 2.23. The zero-order chi connectivity index (χ0) is 5.98. The van der Waals surface area contributed by atoms with Crippen LogP contribution in [0.2, 0.25) is 0 Å². The molecule has 1 fully saturated rings. The summed E-state index contributed by atoms with van der Waals surface area (Å²) in [7, 11) is 0. The molecule has 1 aliphatic carbocycles. The Morgan fingerprint density at radius 2 is 2.12 bits per heavy atom. The van der Waals surface area contributed by atoms with Gasteiger partial charge in [-0.05, 0) is 25.7 Å². The molecule has 0 aromatic rings. The van der Waals surface area contributed by atoms with Gasteiger partial charge in [-0.25, -0.2) is 4.39 Å². The summed E-state index contributed by atoms with van der Waals surface area (Å²) in [5.74, 6) is 0. The van der Waals surface area contributed by atoms with Gasteiger partial charge in [-0.15, -0.1) is 0 Å². The standard InChI is InChI=1S/C6H10BrF/c7-5-2-1-3-6(8)4-5/h5-6H,1-4H2/t5-,6+/m1/s1. The van der Waals surface area contributed by atoms with E-state index >= 15 is 0 Å². The fraction of sp³-hybridized carbons (Fsp3) is 1.00. The lowest BCUT2D eigenvalue weighted by Gasteiger charge is -2.18. The molecule has 2 heteroatoms. The van der Waals surface area contributed by atoms with E-state index in [-0.39, 0.29) is 0 Å². The fourth-order valence-corrected chi connectivity index (χ4v) is 1.80. The number of halogens is 2. The van der Waals surface area contributed by atoms with Crippen molar-refractivity contribution in [2.24, 2.45) is 0 Å². The van der Waals surface area contributed by atoms with Crippen LogP contribution in [0.5, 0.6) is 0 Å². The van der Waals surface area contributed by atoms with Crippen LogP contribution in [0.4, 0.5) is 4.39 Å². The first-order valence-corrected chi connectivity index (χ1v) is 3.99. The van der Waals surface area contributed by atoms with Crippen molar-refractivity contribution < 1.29 is 4.39 Å². The smallest absolute Gasteiger partial charge is 0.101 e. The third kappa shape index (κ3) is 1.73. The summed E-state index contributed by atoms with van der Waals surface area (Å²) in [4.78, 5) is 0.450. The largest absolute Gasteiger partial charge is 0.247 e. The molecule has 0 spiro atoms. The minimum atomic E-state index is -0.534. The van der Waals surface area contributed by atoms with E-state index in [9.17, 15) is 4.39 Å². The number of rotatable bonds is 0. The second-order valence-electron chi connectivity index (χ2n) is 2.36. The van der Waals surface area contributed by atoms with Crippen LogP contribution in [-0.4, -0.2) is 11.0 Å². The maximum absolute atomic E-state index is 12.4. The zero-order valence-electron chi connectivity index (χ0n) is 4.74. The Morgan fingerprint density at radius 3 is 2.50 bits per heavy atom. The van der Waals surface area contributed by atoms with E-state index in [1.165, 1.54) is 0 Å². The van der Waals surface area contributed by atoms with Crippen LogP contribution >= 0.6 is 15.9 Å². The Labute approximate surface area is 57.6 Å². The van der Waals surface area contributed by atoms with E-state index in [1.54, 1.807) is 0 Å². The molecule has 8 heavy (non-hydrogen) atoms. The summed E-state index contributed by atoms with van der Waals surface area (Å²) < 4.78 is 12.4. The zero-order valence-corrected chi connectivity index (χ0v) is 6.33. The molecular weight excluding hydrogens is 171 g/mol. The van der Waals surface area contributed by atoms with Gasteiger partial charge in [0.25, 0.3) is 0 Å². The Morgan fingerprint density at radius 1 is 1.38 bits per heavy atom. The van der Waals surface area contributed by atoms with Crippen molar-refractivity contribution in [3.8, 4) is 0 Å². The van der Waals surface area contributed by atoms with E-state index in [0.29, 0.717) is 4.83 Å².